The van der Waals surface area contributed by atoms with Crippen LogP contribution in [0.25, 0.3) is 66.1 Å². The Balaban J connectivity index is 1.15. The van der Waals surface area contributed by atoms with Crippen LogP contribution in [-0.4, -0.2) is 5.71 Å². The Morgan fingerprint density at radius 1 is 0.373 bits per heavy atom. The third-order valence-corrected chi connectivity index (χ3v) is 13.3. The lowest BCUT2D eigenvalue weighted by atomic mass is 9.79. The van der Waals surface area contributed by atoms with Crippen LogP contribution in [0.4, 0.5) is 0 Å². The van der Waals surface area contributed by atoms with Crippen LogP contribution in [0.15, 0.2) is 193 Å². The molecule has 1 heteroatoms. The predicted molar refractivity (Wildman–Crippen MR) is 250 cm³/mol. The van der Waals surface area contributed by atoms with Crippen molar-refractivity contribution in [3.05, 3.63) is 227 Å². The highest BCUT2D eigenvalue weighted by Gasteiger charge is 2.37. The van der Waals surface area contributed by atoms with E-state index in [2.05, 4.69) is 216 Å². The molecule has 0 radical (unpaired) electrons. The summed E-state index contributed by atoms with van der Waals surface area (Å²) in [5.41, 5.74) is 20.2. The third kappa shape index (κ3) is 5.49. The van der Waals surface area contributed by atoms with E-state index in [0.29, 0.717) is 6.54 Å². The monoisotopic (exact) mass is 755 g/mol. The molecule has 0 unspecified atom stereocenters. The van der Waals surface area contributed by atoms with Gasteiger partial charge in [-0.1, -0.05) is 198 Å². The van der Waals surface area contributed by atoms with E-state index in [1.54, 1.807) is 0 Å². The van der Waals surface area contributed by atoms with Gasteiger partial charge in [-0.25, -0.2) is 0 Å². The first-order chi connectivity index (χ1) is 28.8. The van der Waals surface area contributed by atoms with Gasteiger partial charge >= 0.3 is 0 Å². The van der Waals surface area contributed by atoms with Crippen LogP contribution < -0.4 is 0 Å². The van der Waals surface area contributed by atoms with Gasteiger partial charge in [-0.05, 0) is 112 Å². The van der Waals surface area contributed by atoms with Crippen molar-refractivity contribution >= 4 is 27.3 Å². The predicted octanol–water partition coefficient (Wildman–Crippen LogP) is 15.0. The van der Waals surface area contributed by atoms with E-state index in [0.717, 1.165) is 16.8 Å². The summed E-state index contributed by atoms with van der Waals surface area (Å²) >= 11 is 0. The molecule has 0 saturated heterocycles. The summed E-state index contributed by atoms with van der Waals surface area (Å²) in [5, 5.41) is 5.05. The normalized spacial score (nSPS) is 14.1. The third-order valence-electron chi connectivity index (χ3n) is 13.3. The Bertz CT molecular complexity index is 3120. The summed E-state index contributed by atoms with van der Waals surface area (Å²) in [6.07, 6.45) is 0. The fraction of sp³-hybridized carbons (Fsp3) is 0.121. The number of nitrogens with zero attached hydrogens (tertiary/aromatic N) is 1. The van der Waals surface area contributed by atoms with Gasteiger partial charge in [-0.2, -0.15) is 0 Å². The zero-order chi connectivity index (χ0) is 39.9. The van der Waals surface area contributed by atoms with E-state index >= 15 is 0 Å². The molecule has 0 amide bonds. The lowest BCUT2D eigenvalue weighted by Gasteiger charge is -2.24. The second kappa shape index (κ2) is 13.4. The van der Waals surface area contributed by atoms with E-state index < -0.39 is 0 Å². The van der Waals surface area contributed by atoms with Gasteiger partial charge in [0.05, 0.1) is 12.3 Å². The highest BCUT2D eigenvalue weighted by Crippen LogP contribution is 2.53. The largest absolute Gasteiger partial charge is 0.279 e. The minimum Gasteiger partial charge on any atom is -0.279 e. The maximum Gasteiger partial charge on any atom is 0.0723 e. The van der Waals surface area contributed by atoms with Crippen LogP contribution in [0.2, 0.25) is 0 Å². The van der Waals surface area contributed by atoms with Crippen molar-refractivity contribution in [2.75, 3.05) is 0 Å². The molecule has 0 aliphatic heterocycles. The number of fused-ring (bicyclic) bond motifs is 8. The molecule has 2 aliphatic carbocycles. The van der Waals surface area contributed by atoms with Crippen LogP contribution in [0.5, 0.6) is 0 Å². The summed E-state index contributed by atoms with van der Waals surface area (Å²) in [5.74, 6) is 0. The Kier molecular flexibility index (Phi) is 8.01. The summed E-state index contributed by atoms with van der Waals surface area (Å²) < 4.78 is 0. The molecule has 9 aromatic rings. The van der Waals surface area contributed by atoms with Crippen molar-refractivity contribution in [2.24, 2.45) is 4.99 Å². The van der Waals surface area contributed by atoms with Crippen molar-refractivity contribution in [1.82, 2.24) is 0 Å². The number of benzene rings is 9. The highest BCUT2D eigenvalue weighted by molar-refractivity contribution is 6.22. The van der Waals surface area contributed by atoms with Crippen LogP contribution in [0, 0.1) is 0 Å². The van der Waals surface area contributed by atoms with Crippen molar-refractivity contribution in [3.8, 4) is 44.5 Å². The van der Waals surface area contributed by atoms with E-state index in [4.69, 9.17) is 4.99 Å². The minimum atomic E-state index is -0.104. The topological polar surface area (TPSA) is 12.4 Å². The van der Waals surface area contributed by atoms with E-state index in [9.17, 15) is 0 Å². The van der Waals surface area contributed by atoms with Crippen molar-refractivity contribution in [3.63, 3.8) is 0 Å². The van der Waals surface area contributed by atoms with Crippen LogP contribution >= 0.6 is 0 Å². The van der Waals surface area contributed by atoms with Crippen LogP contribution in [0.3, 0.4) is 0 Å². The van der Waals surface area contributed by atoms with Gasteiger partial charge in [-0.15, -0.1) is 0 Å². The summed E-state index contributed by atoms with van der Waals surface area (Å²) in [4.78, 5) is 5.37. The molecule has 0 N–H and O–H groups in total. The standard InChI is InChI=1S/C58H45N/c1-57(2)50-25-15-13-21-42(50)44-31-28-40(34-52(44)57)54-46-23-11-12-24-47(46)55(41-29-32-45-43-22-14-16-26-51(43)58(3,4)53(45)35-41)49-33-37(27-30-48(49)54)36-59-56(38-17-7-5-8-18-38)39-19-9-6-10-20-39/h5-35H,36H2,1-4H3. The summed E-state index contributed by atoms with van der Waals surface area (Å²) in [6, 6.07) is 69.6. The number of hydrogen-bond acceptors (Lipinski definition) is 1. The Morgan fingerprint density at radius 3 is 1.32 bits per heavy atom. The fourth-order valence-corrected chi connectivity index (χ4v) is 10.4. The average Bonchev–Trinajstić information content (AvgIpc) is 3.65. The van der Waals surface area contributed by atoms with Crippen LogP contribution in [-0.2, 0) is 17.4 Å². The summed E-state index contributed by atoms with van der Waals surface area (Å²) in [6.45, 7) is 10.1. The molecule has 0 heterocycles. The molecule has 0 aromatic heterocycles. The van der Waals surface area contributed by atoms with Crippen molar-refractivity contribution < 1.29 is 0 Å². The molecular weight excluding hydrogens is 711 g/mol. The van der Waals surface area contributed by atoms with E-state index in [-0.39, 0.29) is 10.8 Å². The highest BCUT2D eigenvalue weighted by atomic mass is 14.7. The zero-order valence-corrected chi connectivity index (χ0v) is 34.1. The van der Waals surface area contributed by atoms with Gasteiger partial charge in [0, 0.05) is 22.0 Å². The molecule has 0 spiro atoms. The molecule has 0 saturated carbocycles. The second-order valence-corrected chi connectivity index (χ2v) is 17.4. The Labute approximate surface area is 347 Å². The maximum atomic E-state index is 5.37. The second-order valence-electron chi connectivity index (χ2n) is 17.4. The van der Waals surface area contributed by atoms with E-state index in [1.807, 2.05) is 0 Å². The van der Waals surface area contributed by atoms with Crippen molar-refractivity contribution in [1.29, 1.82) is 0 Å². The van der Waals surface area contributed by atoms with E-state index in [1.165, 1.54) is 93.9 Å². The van der Waals surface area contributed by atoms with Gasteiger partial charge in [0.15, 0.2) is 0 Å². The zero-order valence-electron chi connectivity index (χ0n) is 34.1. The molecule has 0 fully saturated rings. The SMILES string of the molecule is CC1(C)c2ccccc2-c2ccc(-c3c4ccccc4c(-c4ccc5c(c4)C(C)(C)c4ccccc4-5)c4cc(CN=C(c5ccccc5)c5ccccc5)ccc34)cc21. The Hall–Kier alpha value is -6.83. The van der Waals surface area contributed by atoms with Gasteiger partial charge in [0.2, 0.25) is 0 Å². The fourth-order valence-electron chi connectivity index (χ4n) is 10.4. The number of aliphatic imine (C=N–C) groups is 1. The molecule has 1 nitrogen and oxygen atoms in total. The average molecular weight is 756 g/mol. The maximum absolute atomic E-state index is 5.37. The number of rotatable bonds is 6. The first kappa shape index (κ1) is 35.3. The summed E-state index contributed by atoms with van der Waals surface area (Å²) in [7, 11) is 0. The van der Waals surface area contributed by atoms with Gasteiger partial charge in [0.25, 0.3) is 0 Å². The smallest absolute Gasteiger partial charge is 0.0723 e. The molecule has 0 atom stereocenters. The van der Waals surface area contributed by atoms with Crippen molar-refractivity contribution in [2.45, 2.75) is 45.1 Å². The first-order valence-electron chi connectivity index (χ1n) is 20.9. The molecule has 0 bridgehead atoms. The first-order valence-corrected chi connectivity index (χ1v) is 20.9. The van der Waals surface area contributed by atoms with Crippen LogP contribution in [0.1, 0.15) is 66.6 Å². The lowest BCUT2D eigenvalue weighted by molar-refractivity contribution is 0.660. The van der Waals surface area contributed by atoms with Gasteiger partial charge in [-0.3, -0.25) is 4.99 Å². The molecule has 59 heavy (non-hydrogen) atoms. The Morgan fingerprint density at radius 2 is 0.797 bits per heavy atom. The molecule has 11 rings (SSSR count). The lowest BCUT2D eigenvalue weighted by Crippen LogP contribution is -2.15. The number of hydrogen-bond donors (Lipinski definition) is 0. The quantitative estimate of drug-likeness (QED) is 0.118. The van der Waals surface area contributed by atoms with Gasteiger partial charge < -0.3 is 0 Å². The molecule has 9 aromatic carbocycles. The molecule has 282 valence electrons. The molecular formula is C58H45N. The van der Waals surface area contributed by atoms with Gasteiger partial charge in [0.1, 0.15) is 0 Å². The minimum absolute atomic E-state index is 0.0946. The molecule has 2 aliphatic rings.